The minimum absolute atomic E-state index is 0.00224. The van der Waals surface area contributed by atoms with Crippen LogP contribution < -0.4 is 15.8 Å². The van der Waals surface area contributed by atoms with Gasteiger partial charge in [-0.25, -0.2) is 0 Å². The molecule has 1 aliphatic heterocycles. The molecule has 2 N–H and O–H groups in total. The summed E-state index contributed by atoms with van der Waals surface area (Å²) < 4.78 is 12.8. The number of aromatic nitrogens is 4. The number of rotatable bonds is 6. The Hall–Kier alpha value is -2.46. The third kappa shape index (κ3) is 4.45. The summed E-state index contributed by atoms with van der Waals surface area (Å²) in [5.74, 6) is 0.286. The van der Waals surface area contributed by atoms with Crippen LogP contribution in [0.4, 0.5) is 5.95 Å². The topological polar surface area (TPSA) is 114 Å². The van der Waals surface area contributed by atoms with Gasteiger partial charge in [0.05, 0.1) is 25.5 Å². The van der Waals surface area contributed by atoms with E-state index in [1.165, 1.54) is 6.20 Å². The second-order valence-corrected chi connectivity index (χ2v) is 7.25. The highest BCUT2D eigenvalue weighted by Crippen LogP contribution is 2.21. The minimum Gasteiger partial charge on any atom is -0.370 e. The van der Waals surface area contributed by atoms with Gasteiger partial charge in [-0.1, -0.05) is 0 Å². The van der Waals surface area contributed by atoms with Gasteiger partial charge in [0.25, 0.3) is 5.56 Å². The van der Waals surface area contributed by atoms with E-state index in [0.717, 1.165) is 0 Å². The number of nitrogens with zero attached hydrogens (tertiary/aromatic N) is 4. The van der Waals surface area contributed by atoms with E-state index in [2.05, 4.69) is 20.4 Å². The number of hydrogen-bond donors (Lipinski definition) is 2. The van der Waals surface area contributed by atoms with Crippen molar-refractivity contribution in [3.8, 4) is 0 Å². The summed E-state index contributed by atoms with van der Waals surface area (Å²) in [6.45, 7) is 7.56. The molecule has 148 valence electrons. The fraction of sp³-hybridized carbons (Fsp3) is 0.647. The highest BCUT2D eigenvalue weighted by molar-refractivity contribution is 5.77. The largest absolute Gasteiger partial charge is 0.370 e. The van der Waals surface area contributed by atoms with Crippen molar-refractivity contribution >= 4 is 22.9 Å². The minimum atomic E-state index is -0.605. The molecule has 0 aliphatic carbocycles. The molecule has 0 saturated carbocycles. The lowest BCUT2D eigenvalue weighted by atomic mass is 10.0. The van der Waals surface area contributed by atoms with Crippen molar-refractivity contribution < 1.29 is 14.3 Å². The van der Waals surface area contributed by atoms with Crippen LogP contribution in [0.3, 0.4) is 0 Å². The van der Waals surface area contributed by atoms with E-state index in [1.807, 2.05) is 25.7 Å². The molecule has 1 aliphatic rings. The zero-order valence-electron chi connectivity index (χ0n) is 16.1. The van der Waals surface area contributed by atoms with E-state index in [-0.39, 0.29) is 24.2 Å². The van der Waals surface area contributed by atoms with Crippen LogP contribution in [-0.2, 0) is 21.3 Å². The third-order valence-electron chi connectivity index (χ3n) is 4.43. The molecule has 2 aromatic heterocycles. The van der Waals surface area contributed by atoms with Gasteiger partial charge in [-0.3, -0.25) is 19.3 Å². The number of ether oxygens (including phenoxy) is 2. The fourth-order valence-corrected chi connectivity index (χ4v) is 2.97. The molecule has 27 heavy (non-hydrogen) atoms. The predicted octanol–water partition coefficient (Wildman–Crippen LogP) is -0.207. The van der Waals surface area contributed by atoms with Crippen LogP contribution in [0, 0.1) is 0 Å². The van der Waals surface area contributed by atoms with E-state index >= 15 is 0 Å². The number of aryl methyl sites for hydroxylation is 1. The van der Waals surface area contributed by atoms with Crippen LogP contribution in [-0.4, -0.2) is 70.2 Å². The van der Waals surface area contributed by atoms with Gasteiger partial charge in [0, 0.05) is 20.1 Å². The first-order valence-electron chi connectivity index (χ1n) is 8.97. The number of anilines is 1. The lowest BCUT2D eigenvalue weighted by Gasteiger charge is -2.40. The molecule has 3 heterocycles. The average molecular weight is 378 g/mol. The number of nitrogens with one attached hydrogen (secondary N) is 2. The van der Waals surface area contributed by atoms with Gasteiger partial charge in [0.2, 0.25) is 11.9 Å². The molecule has 0 spiro atoms. The van der Waals surface area contributed by atoms with Crippen LogP contribution in [0.25, 0.3) is 11.0 Å². The van der Waals surface area contributed by atoms with Crippen molar-refractivity contribution in [1.82, 2.24) is 25.1 Å². The lowest BCUT2D eigenvalue weighted by Crippen LogP contribution is -2.56. The zero-order chi connectivity index (χ0) is 19.6. The molecule has 10 nitrogen and oxygen atoms in total. The van der Waals surface area contributed by atoms with Gasteiger partial charge in [-0.15, -0.1) is 0 Å². The van der Waals surface area contributed by atoms with Crippen molar-refractivity contribution in [2.45, 2.75) is 32.5 Å². The Bertz CT molecular complexity index is 876. The summed E-state index contributed by atoms with van der Waals surface area (Å²) >= 11 is 0. The molecule has 1 amide bonds. The number of carbonyl (C=O) groups is 1. The normalized spacial score (nSPS) is 20.4. The first kappa shape index (κ1) is 19.3. The molecular weight excluding hydrogens is 352 g/mol. The fourth-order valence-electron chi connectivity index (χ4n) is 2.97. The monoisotopic (exact) mass is 378 g/mol. The maximum atomic E-state index is 12.3. The standard InChI is InChI=1S/C17H26N6O4/c1-11(2)26-8-13(24)18-9-17(3)10-23(5-6-27-17)16-20-14-12(15(25)21-16)7-19-22(14)4/h7,11H,5-6,8-10H2,1-4H3,(H,18,24)(H,20,21,25). The summed E-state index contributed by atoms with van der Waals surface area (Å²) in [4.78, 5) is 33.5. The van der Waals surface area contributed by atoms with Crippen LogP contribution in [0.15, 0.2) is 11.0 Å². The number of hydrogen-bond acceptors (Lipinski definition) is 7. The summed E-state index contributed by atoms with van der Waals surface area (Å²) in [7, 11) is 1.75. The first-order valence-corrected chi connectivity index (χ1v) is 8.97. The highest BCUT2D eigenvalue weighted by Gasteiger charge is 2.33. The summed E-state index contributed by atoms with van der Waals surface area (Å²) in [6, 6.07) is 0. The molecule has 1 atom stereocenters. The number of carbonyl (C=O) groups excluding carboxylic acids is 1. The van der Waals surface area contributed by atoms with E-state index < -0.39 is 5.60 Å². The van der Waals surface area contributed by atoms with E-state index in [4.69, 9.17) is 9.47 Å². The third-order valence-corrected chi connectivity index (χ3v) is 4.43. The molecule has 1 unspecified atom stereocenters. The summed E-state index contributed by atoms with van der Waals surface area (Å²) in [5.41, 5.74) is -0.303. The molecule has 0 aromatic carbocycles. The van der Waals surface area contributed by atoms with E-state index in [9.17, 15) is 9.59 Å². The Morgan fingerprint density at radius 1 is 1.52 bits per heavy atom. The van der Waals surface area contributed by atoms with E-state index in [1.54, 1.807) is 11.7 Å². The molecule has 0 bridgehead atoms. The number of morpholine rings is 1. The van der Waals surface area contributed by atoms with Gasteiger partial charge in [-0.2, -0.15) is 10.1 Å². The van der Waals surface area contributed by atoms with Gasteiger partial charge >= 0.3 is 0 Å². The van der Waals surface area contributed by atoms with Gasteiger partial charge in [0.15, 0.2) is 5.65 Å². The lowest BCUT2D eigenvalue weighted by molar-refractivity contribution is -0.129. The molecule has 3 rings (SSSR count). The maximum Gasteiger partial charge on any atom is 0.263 e. The van der Waals surface area contributed by atoms with Crippen molar-refractivity contribution in [3.63, 3.8) is 0 Å². The molecule has 2 aromatic rings. The molecular formula is C17H26N6O4. The van der Waals surface area contributed by atoms with Gasteiger partial charge in [0.1, 0.15) is 17.6 Å². The molecule has 10 heteroatoms. The van der Waals surface area contributed by atoms with Crippen molar-refractivity contribution in [3.05, 3.63) is 16.6 Å². The number of fused-ring (bicyclic) bond motifs is 1. The second kappa shape index (κ2) is 7.65. The zero-order valence-corrected chi connectivity index (χ0v) is 16.1. The van der Waals surface area contributed by atoms with Crippen molar-refractivity contribution in [2.24, 2.45) is 7.05 Å². The maximum absolute atomic E-state index is 12.3. The number of amides is 1. The van der Waals surface area contributed by atoms with Crippen molar-refractivity contribution in [2.75, 3.05) is 37.7 Å². The van der Waals surface area contributed by atoms with Crippen LogP contribution in [0.2, 0.25) is 0 Å². The van der Waals surface area contributed by atoms with Gasteiger partial charge < -0.3 is 19.7 Å². The average Bonchev–Trinajstić information content (AvgIpc) is 3.00. The van der Waals surface area contributed by atoms with Crippen LogP contribution in [0.5, 0.6) is 0 Å². The quantitative estimate of drug-likeness (QED) is 0.715. The Kier molecular flexibility index (Phi) is 5.47. The van der Waals surface area contributed by atoms with E-state index in [0.29, 0.717) is 43.2 Å². The Balaban J connectivity index is 1.69. The Labute approximate surface area is 156 Å². The molecule has 1 saturated heterocycles. The second-order valence-electron chi connectivity index (χ2n) is 7.25. The highest BCUT2D eigenvalue weighted by atomic mass is 16.5. The summed E-state index contributed by atoms with van der Waals surface area (Å²) in [6.07, 6.45) is 1.50. The van der Waals surface area contributed by atoms with Gasteiger partial charge in [-0.05, 0) is 20.8 Å². The summed E-state index contributed by atoms with van der Waals surface area (Å²) in [5, 5.41) is 7.38. The van der Waals surface area contributed by atoms with Crippen LogP contribution in [0.1, 0.15) is 20.8 Å². The SMILES string of the molecule is CC(C)OCC(=O)NCC1(C)CN(c2nc3c(cnn3C)c(=O)[nH]2)CCO1. The predicted molar refractivity (Wildman–Crippen MR) is 99.8 cm³/mol. The Morgan fingerprint density at radius 3 is 3.04 bits per heavy atom. The smallest absolute Gasteiger partial charge is 0.263 e. The molecule has 1 fully saturated rings. The first-order chi connectivity index (χ1) is 12.8. The Morgan fingerprint density at radius 2 is 2.30 bits per heavy atom. The number of H-pyrrole nitrogens is 1. The van der Waals surface area contributed by atoms with Crippen LogP contribution >= 0.6 is 0 Å². The number of aromatic amines is 1. The van der Waals surface area contributed by atoms with Crippen molar-refractivity contribution in [1.29, 1.82) is 0 Å². The molecule has 0 radical (unpaired) electrons.